The number of anilines is 1. The lowest BCUT2D eigenvalue weighted by molar-refractivity contribution is -0.118. The van der Waals surface area contributed by atoms with Crippen LogP contribution in [0.4, 0.5) is 10.1 Å². The van der Waals surface area contributed by atoms with Gasteiger partial charge in [0.15, 0.2) is 0 Å². The molecular weight excluding hydrogens is 405 g/mol. The minimum Gasteiger partial charge on any atom is -0.389 e. The minimum absolute atomic E-state index is 0.0398. The summed E-state index contributed by atoms with van der Waals surface area (Å²) in [5.74, 6) is -0.320. The van der Waals surface area contributed by atoms with E-state index >= 15 is 0 Å². The molecule has 1 aliphatic heterocycles. The molecule has 1 N–H and O–H groups in total. The Morgan fingerprint density at radius 1 is 1.23 bits per heavy atom. The molecule has 0 spiro atoms. The third-order valence-electron chi connectivity index (χ3n) is 5.23. The smallest absolute Gasteiger partial charge is 0.146 e. The van der Waals surface area contributed by atoms with E-state index in [-0.39, 0.29) is 18.0 Å². The van der Waals surface area contributed by atoms with E-state index in [9.17, 15) is 14.3 Å². The summed E-state index contributed by atoms with van der Waals surface area (Å²) < 4.78 is 16.2. The summed E-state index contributed by atoms with van der Waals surface area (Å²) in [5.41, 5.74) is 3.78. The number of aromatic nitrogens is 2. The number of aliphatic hydroxyl groups is 1. The van der Waals surface area contributed by atoms with Gasteiger partial charge in [0.05, 0.1) is 23.2 Å². The number of aryl methyl sites for hydroxylation is 2. The molecule has 0 amide bonds. The number of hydrogen-bond donors (Lipinski definition) is 1. The number of benzene rings is 2. The second-order valence-corrected chi connectivity index (χ2v) is 8.17. The van der Waals surface area contributed by atoms with Gasteiger partial charge in [-0.25, -0.2) is 9.07 Å². The van der Waals surface area contributed by atoms with Gasteiger partial charge in [0.25, 0.3) is 0 Å². The van der Waals surface area contributed by atoms with Crippen LogP contribution >= 0.6 is 11.6 Å². The van der Waals surface area contributed by atoms with Gasteiger partial charge in [-0.15, -0.1) is 0 Å². The predicted molar refractivity (Wildman–Crippen MR) is 115 cm³/mol. The standard InChI is InChI=1S/C23H23ClFN3O2/c1-15-9-19(28(26-15)18-4-2-3-17(24)12-18)6-7-20(29)10-16-5-8-23(22(25)11-16)27-13-21(30)14-27/h2-5,8-9,11-12,21,30H,6-7,10,13-14H2,1H3. The molecule has 7 heteroatoms. The van der Waals surface area contributed by atoms with Crippen LogP contribution in [0.3, 0.4) is 0 Å². The van der Waals surface area contributed by atoms with Crippen LogP contribution in [0, 0.1) is 12.7 Å². The maximum Gasteiger partial charge on any atom is 0.146 e. The molecule has 1 fully saturated rings. The summed E-state index contributed by atoms with van der Waals surface area (Å²) >= 11 is 6.09. The highest BCUT2D eigenvalue weighted by atomic mass is 35.5. The number of aliphatic hydroxyl groups excluding tert-OH is 1. The average Bonchev–Trinajstić information content (AvgIpc) is 3.05. The lowest BCUT2D eigenvalue weighted by Gasteiger charge is -2.38. The number of carbonyl (C=O) groups excluding carboxylic acids is 1. The topological polar surface area (TPSA) is 58.4 Å². The summed E-state index contributed by atoms with van der Waals surface area (Å²) in [4.78, 5) is 14.3. The second kappa shape index (κ2) is 8.58. The molecule has 3 aromatic rings. The quantitative estimate of drug-likeness (QED) is 0.621. The molecule has 2 aromatic carbocycles. The summed E-state index contributed by atoms with van der Waals surface area (Å²) in [6, 6.07) is 14.3. The van der Waals surface area contributed by atoms with Crippen LogP contribution in [0.5, 0.6) is 0 Å². The maximum atomic E-state index is 14.4. The molecule has 1 aliphatic rings. The second-order valence-electron chi connectivity index (χ2n) is 7.73. The molecule has 0 bridgehead atoms. The molecule has 0 radical (unpaired) electrons. The van der Waals surface area contributed by atoms with Gasteiger partial charge in [-0.3, -0.25) is 4.79 Å². The van der Waals surface area contributed by atoms with Crippen molar-refractivity contribution < 1.29 is 14.3 Å². The summed E-state index contributed by atoms with van der Waals surface area (Å²) in [6.07, 6.45) is 0.672. The van der Waals surface area contributed by atoms with Crippen LogP contribution in [0.2, 0.25) is 5.02 Å². The Bertz CT molecular complexity index is 1080. The van der Waals surface area contributed by atoms with Crippen LogP contribution in [0.15, 0.2) is 48.5 Å². The molecule has 0 atom stereocenters. The molecule has 1 saturated heterocycles. The van der Waals surface area contributed by atoms with Crippen molar-refractivity contribution in [1.82, 2.24) is 9.78 Å². The number of rotatable bonds is 7. The number of β-amino-alcohol motifs (C(OH)–C–C–N with tert-alkyl or cyclic N) is 1. The predicted octanol–water partition coefficient (Wildman–Crippen LogP) is 3.90. The average molecular weight is 428 g/mol. The van der Waals surface area contributed by atoms with Crippen molar-refractivity contribution in [3.63, 3.8) is 0 Å². The molecule has 0 aliphatic carbocycles. The van der Waals surface area contributed by atoms with Crippen molar-refractivity contribution >= 4 is 23.1 Å². The molecule has 2 heterocycles. The van der Waals surface area contributed by atoms with E-state index in [1.165, 1.54) is 6.07 Å². The molecule has 0 unspecified atom stereocenters. The van der Waals surface area contributed by atoms with Crippen LogP contribution in [-0.2, 0) is 17.6 Å². The molecule has 0 saturated carbocycles. The fraction of sp³-hybridized carbons (Fsp3) is 0.304. The Morgan fingerprint density at radius 2 is 2.03 bits per heavy atom. The maximum absolute atomic E-state index is 14.4. The van der Waals surface area contributed by atoms with E-state index in [1.54, 1.807) is 23.1 Å². The summed E-state index contributed by atoms with van der Waals surface area (Å²) in [7, 11) is 0. The Labute approximate surface area is 179 Å². The van der Waals surface area contributed by atoms with Crippen molar-refractivity contribution in [1.29, 1.82) is 0 Å². The first kappa shape index (κ1) is 20.6. The first-order valence-electron chi connectivity index (χ1n) is 9.93. The van der Waals surface area contributed by atoms with E-state index in [0.717, 1.165) is 17.1 Å². The molecule has 1 aromatic heterocycles. The van der Waals surface area contributed by atoms with Crippen LogP contribution in [0.25, 0.3) is 5.69 Å². The first-order chi connectivity index (χ1) is 14.4. The lowest BCUT2D eigenvalue weighted by Crippen LogP contribution is -2.51. The number of hydrogen-bond acceptors (Lipinski definition) is 4. The van der Waals surface area contributed by atoms with Gasteiger partial charge in [0, 0.05) is 36.6 Å². The number of ketones is 1. The minimum atomic E-state index is -0.394. The molecular formula is C23H23ClFN3O2. The zero-order chi connectivity index (χ0) is 21.3. The first-order valence-corrected chi connectivity index (χ1v) is 10.3. The van der Waals surface area contributed by atoms with Gasteiger partial charge in [-0.1, -0.05) is 23.7 Å². The summed E-state index contributed by atoms with van der Waals surface area (Å²) in [5, 5.41) is 14.5. The summed E-state index contributed by atoms with van der Waals surface area (Å²) in [6.45, 7) is 2.79. The Hall–Kier alpha value is -2.70. The highest BCUT2D eigenvalue weighted by molar-refractivity contribution is 6.30. The molecule has 156 valence electrons. The van der Waals surface area contributed by atoms with Gasteiger partial charge in [0.1, 0.15) is 11.6 Å². The van der Waals surface area contributed by atoms with Gasteiger partial charge < -0.3 is 10.0 Å². The Morgan fingerprint density at radius 3 is 2.73 bits per heavy atom. The monoisotopic (exact) mass is 427 g/mol. The normalized spacial score (nSPS) is 14.1. The third-order valence-corrected chi connectivity index (χ3v) is 5.47. The highest BCUT2D eigenvalue weighted by Gasteiger charge is 2.26. The molecule has 30 heavy (non-hydrogen) atoms. The van der Waals surface area contributed by atoms with E-state index in [0.29, 0.717) is 42.2 Å². The van der Waals surface area contributed by atoms with Crippen molar-refractivity contribution in [3.05, 3.63) is 76.3 Å². The van der Waals surface area contributed by atoms with Gasteiger partial charge >= 0.3 is 0 Å². The number of halogens is 2. The largest absolute Gasteiger partial charge is 0.389 e. The zero-order valence-electron chi connectivity index (χ0n) is 16.7. The number of nitrogens with zero attached hydrogens (tertiary/aromatic N) is 3. The van der Waals surface area contributed by atoms with E-state index in [4.69, 9.17) is 11.6 Å². The SMILES string of the molecule is Cc1cc(CCC(=O)Cc2ccc(N3CC(O)C3)c(F)c2)n(-c2cccc(Cl)c2)n1. The third kappa shape index (κ3) is 4.55. The van der Waals surface area contributed by atoms with E-state index < -0.39 is 6.10 Å². The molecule has 5 nitrogen and oxygen atoms in total. The fourth-order valence-electron chi connectivity index (χ4n) is 3.71. The fourth-order valence-corrected chi connectivity index (χ4v) is 3.90. The van der Waals surface area contributed by atoms with Gasteiger partial charge in [-0.2, -0.15) is 5.10 Å². The van der Waals surface area contributed by atoms with Crippen molar-refractivity contribution in [3.8, 4) is 5.69 Å². The van der Waals surface area contributed by atoms with Crippen molar-refractivity contribution in [2.45, 2.75) is 32.3 Å². The van der Waals surface area contributed by atoms with Gasteiger partial charge in [-0.05, 0) is 55.3 Å². The Balaban J connectivity index is 1.39. The van der Waals surface area contributed by atoms with Crippen LogP contribution < -0.4 is 4.90 Å². The van der Waals surface area contributed by atoms with Crippen molar-refractivity contribution in [2.24, 2.45) is 0 Å². The van der Waals surface area contributed by atoms with Gasteiger partial charge in [0.2, 0.25) is 0 Å². The lowest BCUT2D eigenvalue weighted by atomic mass is 10.0. The van der Waals surface area contributed by atoms with E-state index in [1.807, 2.05) is 35.9 Å². The van der Waals surface area contributed by atoms with Crippen LogP contribution in [0.1, 0.15) is 23.4 Å². The van der Waals surface area contributed by atoms with E-state index in [2.05, 4.69) is 5.10 Å². The number of Topliss-reactive ketones (excluding diaryl/α,β-unsaturated/α-hetero) is 1. The zero-order valence-corrected chi connectivity index (χ0v) is 17.4. The highest BCUT2D eigenvalue weighted by Crippen LogP contribution is 2.25. The molecule has 4 rings (SSSR count). The number of carbonyl (C=O) groups is 1. The van der Waals surface area contributed by atoms with Crippen LogP contribution in [-0.4, -0.2) is 39.9 Å². The van der Waals surface area contributed by atoms with Crippen molar-refractivity contribution in [2.75, 3.05) is 18.0 Å². The Kier molecular flexibility index (Phi) is 5.88.